The summed E-state index contributed by atoms with van der Waals surface area (Å²) in [4.78, 5) is 0. The van der Waals surface area contributed by atoms with Crippen molar-refractivity contribution >= 4 is 10.0 Å². The first-order valence-electron chi connectivity index (χ1n) is 4.72. The zero-order chi connectivity index (χ0) is 9.73. The lowest BCUT2D eigenvalue weighted by atomic mass is 10.2. The minimum absolute atomic E-state index is 0.184. The maximum atomic E-state index is 11.0. The van der Waals surface area contributed by atoms with Gasteiger partial charge in [0.2, 0.25) is 10.0 Å². The van der Waals surface area contributed by atoms with Crippen LogP contribution in [-0.4, -0.2) is 32.4 Å². The molecule has 0 aliphatic heterocycles. The fourth-order valence-corrected chi connectivity index (χ4v) is 2.06. The minimum Gasteiger partial charge on any atom is -0.395 e. The van der Waals surface area contributed by atoms with E-state index < -0.39 is 10.0 Å². The van der Waals surface area contributed by atoms with Crippen molar-refractivity contribution in [1.82, 2.24) is 4.72 Å². The van der Waals surface area contributed by atoms with Gasteiger partial charge in [-0.1, -0.05) is 12.8 Å². The average Bonchev–Trinajstić information content (AvgIpc) is 2.81. The van der Waals surface area contributed by atoms with Gasteiger partial charge in [-0.15, -0.1) is 0 Å². The summed E-state index contributed by atoms with van der Waals surface area (Å²) in [5.74, 6) is 0.665. The van der Waals surface area contributed by atoms with E-state index in [2.05, 4.69) is 4.72 Å². The monoisotopic (exact) mass is 207 g/mol. The molecule has 0 aromatic rings. The van der Waals surface area contributed by atoms with Gasteiger partial charge in [0.15, 0.2) is 0 Å². The van der Waals surface area contributed by atoms with Crippen molar-refractivity contribution in [3.8, 4) is 0 Å². The molecule has 0 aromatic heterocycles. The predicted octanol–water partition coefficient (Wildman–Crippen LogP) is 0.0883. The van der Waals surface area contributed by atoms with Crippen LogP contribution < -0.4 is 4.72 Å². The van der Waals surface area contributed by atoms with Crippen LogP contribution >= 0.6 is 0 Å². The van der Waals surface area contributed by atoms with E-state index in [1.807, 2.05) is 0 Å². The van der Waals surface area contributed by atoms with Crippen LogP contribution in [-0.2, 0) is 10.0 Å². The molecule has 5 heteroatoms. The molecular formula is C8H17NO3S. The van der Waals surface area contributed by atoms with Gasteiger partial charge >= 0.3 is 0 Å². The van der Waals surface area contributed by atoms with Crippen LogP contribution in [0.3, 0.4) is 0 Å². The van der Waals surface area contributed by atoms with Crippen molar-refractivity contribution in [1.29, 1.82) is 0 Å². The minimum atomic E-state index is -3.21. The molecule has 78 valence electrons. The molecule has 2 N–H and O–H groups in total. The molecule has 1 aliphatic rings. The summed E-state index contributed by atoms with van der Waals surface area (Å²) in [5.41, 5.74) is 0. The number of sulfonamides is 1. The number of nitrogens with one attached hydrogen (secondary N) is 1. The summed E-state index contributed by atoms with van der Waals surface area (Å²) >= 11 is 0. The summed E-state index contributed by atoms with van der Waals surface area (Å²) in [6, 6.07) is 0. The molecule has 0 aromatic carbocycles. The van der Waals surface area contributed by atoms with Crippen LogP contribution in [0.2, 0.25) is 0 Å². The highest BCUT2D eigenvalue weighted by atomic mass is 32.2. The van der Waals surface area contributed by atoms with Gasteiger partial charge in [-0.2, -0.15) is 0 Å². The van der Waals surface area contributed by atoms with Crippen molar-refractivity contribution in [2.75, 3.05) is 18.9 Å². The number of aliphatic hydroxyl groups excluding tert-OH is 1. The number of rotatable bonds is 7. The van der Waals surface area contributed by atoms with Gasteiger partial charge in [-0.05, 0) is 18.8 Å². The van der Waals surface area contributed by atoms with E-state index in [9.17, 15) is 8.42 Å². The fourth-order valence-electron chi connectivity index (χ4n) is 1.22. The van der Waals surface area contributed by atoms with Crippen molar-refractivity contribution < 1.29 is 13.5 Å². The molecule has 13 heavy (non-hydrogen) atoms. The van der Waals surface area contributed by atoms with Crippen LogP contribution in [0.4, 0.5) is 0 Å². The summed E-state index contributed by atoms with van der Waals surface area (Å²) in [6.45, 7) is 0.205. The van der Waals surface area contributed by atoms with Gasteiger partial charge in [-0.3, -0.25) is 0 Å². The third kappa shape index (κ3) is 5.23. The number of hydrogen-bond donors (Lipinski definition) is 2. The van der Waals surface area contributed by atoms with E-state index in [-0.39, 0.29) is 12.4 Å². The van der Waals surface area contributed by atoms with Gasteiger partial charge < -0.3 is 5.11 Å². The van der Waals surface area contributed by atoms with E-state index in [4.69, 9.17) is 5.11 Å². The van der Waals surface area contributed by atoms with Crippen LogP contribution in [0.25, 0.3) is 0 Å². The molecule has 4 nitrogen and oxygen atoms in total. The van der Waals surface area contributed by atoms with Crippen LogP contribution in [0.1, 0.15) is 25.7 Å². The Kier molecular flexibility index (Phi) is 4.15. The first kappa shape index (κ1) is 10.9. The molecule has 0 saturated heterocycles. The molecule has 1 saturated carbocycles. The third-order valence-corrected chi connectivity index (χ3v) is 3.53. The number of hydrogen-bond acceptors (Lipinski definition) is 3. The second-order valence-electron chi connectivity index (χ2n) is 3.52. The highest BCUT2D eigenvalue weighted by Gasteiger charge is 2.20. The largest absolute Gasteiger partial charge is 0.395 e. The fraction of sp³-hybridized carbons (Fsp3) is 1.00. The molecule has 1 fully saturated rings. The first-order chi connectivity index (χ1) is 6.14. The highest BCUT2D eigenvalue weighted by molar-refractivity contribution is 7.89. The Labute approximate surface area is 79.4 Å². The molecule has 0 amide bonds. The Morgan fingerprint density at radius 2 is 2.08 bits per heavy atom. The molecule has 0 heterocycles. The molecular weight excluding hydrogens is 190 g/mol. The van der Waals surface area contributed by atoms with Gasteiger partial charge in [0.25, 0.3) is 0 Å². The lowest BCUT2D eigenvalue weighted by molar-refractivity contribution is 0.319. The predicted molar refractivity (Wildman–Crippen MR) is 50.8 cm³/mol. The molecule has 0 radical (unpaired) electrons. The lowest BCUT2D eigenvalue weighted by Gasteiger charge is -2.03. The van der Waals surface area contributed by atoms with Crippen molar-refractivity contribution in [2.24, 2.45) is 5.92 Å². The van der Waals surface area contributed by atoms with E-state index in [1.54, 1.807) is 0 Å². The second kappa shape index (κ2) is 4.93. The summed E-state index contributed by atoms with van der Waals surface area (Å²) in [6.07, 6.45) is 4.66. The Bertz CT molecular complexity index is 234. The molecule has 0 atom stereocenters. The summed E-state index contributed by atoms with van der Waals surface area (Å²) in [7, 11) is -3.21. The van der Waals surface area contributed by atoms with E-state index in [1.165, 1.54) is 12.8 Å². The normalized spacial score (nSPS) is 17.6. The van der Waals surface area contributed by atoms with Gasteiger partial charge in [0, 0.05) is 6.54 Å². The van der Waals surface area contributed by atoms with Crippen LogP contribution in [0.15, 0.2) is 0 Å². The molecule has 1 rings (SSSR count). The Balaban J connectivity index is 2.02. The van der Waals surface area contributed by atoms with Crippen LogP contribution in [0.5, 0.6) is 0 Å². The quantitative estimate of drug-likeness (QED) is 0.581. The molecule has 0 bridgehead atoms. The van der Waals surface area contributed by atoms with E-state index in [0.29, 0.717) is 6.54 Å². The van der Waals surface area contributed by atoms with Gasteiger partial charge in [0.05, 0.1) is 12.4 Å². The maximum Gasteiger partial charge on any atom is 0.213 e. The Morgan fingerprint density at radius 3 is 2.62 bits per heavy atom. The maximum absolute atomic E-state index is 11.0. The van der Waals surface area contributed by atoms with Gasteiger partial charge in [-0.25, -0.2) is 13.1 Å². The Morgan fingerprint density at radius 1 is 1.38 bits per heavy atom. The van der Waals surface area contributed by atoms with Crippen molar-refractivity contribution in [2.45, 2.75) is 25.7 Å². The lowest BCUT2D eigenvalue weighted by Crippen LogP contribution is -2.28. The smallest absolute Gasteiger partial charge is 0.213 e. The Hall–Kier alpha value is -0.130. The third-order valence-electron chi connectivity index (χ3n) is 2.17. The SMILES string of the molecule is O=S(=O)(CCO)NCCCC1CC1. The van der Waals surface area contributed by atoms with Crippen LogP contribution in [0, 0.1) is 5.92 Å². The van der Waals surface area contributed by atoms with E-state index >= 15 is 0 Å². The molecule has 1 aliphatic carbocycles. The zero-order valence-electron chi connectivity index (χ0n) is 7.70. The van der Waals surface area contributed by atoms with Crippen molar-refractivity contribution in [3.63, 3.8) is 0 Å². The number of aliphatic hydroxyl groups is 1. The zero-order valence-corrected chi connectivity index (χ0v) is 8.52. The summed E-state index contributed by atoms with van der Waals surface area (Å²) < 4.78 is 24.5. The highest BCUT2D eigenvalue weighted by Crippen LogP contribution is 2.33. The summed E-state index contributed by atoms with van der Waals surface area (Å²) in [5, 5.41) is 8.44. The standard InChI is InChI=1S/C8H17NO3S/c10-6-7-13(11,12)9-5-1-2-8-3-4-8/h8-10H,1-7H2. The average molecular weight is 207 g/mol. The first-order valence-corrected chi connectivity index (χ1v) is 6.37. The molecule has 0 spiro atoms. The van der Waals surface area contributed by atoms with Crippen molar-refractivity contribution in [3.05, 3.63) is 0 Å². The van der Waals surface area contributed by atoms with Gasteiger partial charge in [0.1, 0.15) is 0 Å². The van der Waals surface area contributed by atoms with E-state index in [0.717, 1.165) is 18.8 Å². The second-order valence-corrected chi connectivity index (χ2v) is 5.45. The topological polar surface area (TPSA) is 66.4 Å². The molecule has 0 unspecified atom stereocenters.